The number of rotatable bonds is 5. The molecule has 4 rings (SSSR count). The van der Waals surface area contributed by atoms with Gasteiger partial charge in [0.1, 0.15) is 5.82 Å². The van der Waals surface area contributed by atoms with Gasteiger partial charge in [-0.3, -0.25) is 9.59 Å². The molecule has 2 heterocycles. The maximum absolute atomic E-state index is 13.2. The van der Waals surface area contributed by atoms with Gasteiger partial charge in [-0.15, -0.1) is 0 Å². The van der Waals surface area contributed by atoms with Crippen LogP contribution in [-0.2, 0) is 6.54 Å². The van der Waals surface area contributed by atoms with Crippen LogP contribution in [0.3, 0.4) is 0 Å². The van der Waals surface area contributed by atoms with Gasteiger partial charge in [0.15, 0.2) is 5.78 Å². The van der Waals surface area contributed by atoms with Gasteiger partial charge < -0.3 is 9.47 Å². The number of aryl methyl sites for hydroxylation is 1. The molecular weight excluding hydrogens is 374 g/mol. The highest BCUT2D eigenvalue weighted by Crippen LogP contribution is 2.17. The van der Waals surface area contributed by atoms with Gasteiger partial charge in [-0.2, -0.15) is 0 Å². The van der Waals surface area contributed by atoms with E-state index in [1.54, 1.807) is 24.4 Å². The molecule has 0 atom stereocenters. The maximum atomic E-state index is 13.2. The summed E-state index contributed by atoms with van der Waals surface area (Å²) in [7, 11) is 3.77. The Bertz CT molecular complexity index is 1290. The average Bonchev–Trinajstić information content (AvgIpc) is 2.75. The minimum Gasteiger partial charge on any atom is -0.363 e. The van der Waals surface area contributed by atoms with Crippen LogP contribution in [0.25, 0.3) is 10.9 Å². The number of fused-ring (bicyclic) bond motifs is 1. The molecule has 0 fully saturated rings. The number of ketones is 1. The fourth-order valence-electron chi connectivity index (χ4n) is 3.59. The third kappa shape index (κ3) is 3.74. The molecule has 0 aliphatic rings. The maximum Gasteiger partial charge on any atom is 0.200 e. The average molecular weight is 397 g/mol. The number of anilines is 1. The summed E-state index contributed by atoms with van der Waals surface area (Å²) >= 11 is 0. The topological polar surface area (TPSA) is 55.2 Å². The van der Waals surface area contributed by atoms with Crippen molar-refractivity contribution in [2.75, 3.05) is 19.0 Å². The molecule has 4 aromatic rings. The SMILES string of the molecule is Cc1cccc(Cn2cc(C(=O)c3ccc(N(C)C)nc3)c(=O)c3ccccc32)c1. The Balaban J connectivity index is 1.82. The molecule has 0 amide bonds. The first-order valence-electron chi connectivity index (χ1n) is 9.80. The van der Waals surface area contributed by atoms with Crippen molar-refractivity contribution in [1.29, 1.82) is 0 Å². The lowest BCUT2D eigenvalue weighted by molar-refractivity contribution is 0.103. The van der Waals surface area contributed by atoms with E-state index in [9.17, 15) is 9.59 Å². The van der Waals surface area contributed by atoms with Gasteiger partial charge >= 0.3 is 0 Å². The summed E-state index contributed by atoms with van der Waals surface area (Å²) in [6.45, 7) is 2.62. The molecule has 0 N–H and O–H groups in total. The first-order valence-corrected chi connectivity index (χ1v) is 9.80. The quantitative estimate of drug-likeness (QED) is 0.477. The van der Waals surface area contributed by atoms with Gasteiger partial charge in [0.05, 0.1) is 11.1 Å². The van der Waals surface area contributed by atoms with Crippen LogP contribution in [0.1, 0.15) is 27.0 Å². The molecule has 0 radical (unpaired) electrons. The van der Waals surface area contributed by atoms with Gasteiger partial charge in [-0.05, 0) is 36.8 Å². The molecule has 0 bridgehead atoms. The Kier molecular flexibility index (Phi) is 5.19. The summed E-state index contributed by atoms with van der Waals surface area (Å²) < 4.78 is 1.97. The molecule has 30 heavy (non-hydrogen) atoms. The lowest BCUT2D eigenvalue weighted by Crippen LogP contribution is -2.20. The molecule has 0 unspecified atom stereocenters. The van der Waals surface area contributed by atoms with Crippen LogP contribution in [0.2, 0.25) is 0 Å². The molecule has 5 heteroatoms. The van der Waals surface area contributed by atoms with Crippen LogP contribution in [-0.4, -0.2) is 29.4 Å². The van der Waals surface area contributed by atoms with Crippen LogP contribution in [0.5, 0.6) is 0 Å². The van der Waals surface area contributed by atoms with Crippen molar-refractivity contribution in [3.8, 4) is 0 Å². The van der Waals surface area contributed by atoms with Crippen molar-refractivity contribution in [2.24, 2.45) is 0 Å². The van der Waals surface area contributed by atoms with E-state index < -0.39 is 0 Å². The van der Waals surface area contributed by atoms with E-state index in [-0.39, 0.29) is 16.8 Å². The van der Waals surface area contributed by atoms with E-state index in [1.807, 2.05) is 66.9 Å². The van der Waals surface area contributed by atoms with Gasteiger partial charge in [-0.1, -0.05) is 42.0 Å². The van der Waals surface area contributed by atoms with Crippen LogP contribution < -0.4 is 10.3 Å². The number of pyridine rings is 2. The smallest absolute Gasteiger partial charge is 0.200 e. The highest BCUT2D eigenvalue weighted by atomic mass is 16.1. The zero-order valence-electron chi connectivity index (χ0n) is 17.3. The number of para-hydroxylation sites is 1. The van der Waals surface area contributed by atoms with E-state index in [2.05, 4.69) is 11.1 Å². The number of hydrogen-bond acceptors (Lipinski definition) is 4. The van der Waals surface area contributed by atoms with Crippen molar-refractivity contribution >= 4 is 22.5 Å². The number of benzene rings is 2. The molecular formula is C25H23N3O2. The third-order valence-electron chi connectivity index (χ3n) is 5.14. The summed E-state index contributed by atoms with van der Waals surface area (Å²) in [5.74, 6) is 0.434. The largest absolute Gasteiger partial charge is 0.363 e. The Morgan fingerprint density at radius 3 is 2.53 bits per heavy atom. The predicted molar refractivity (Wildman–Crippen MR) is 120 cm³/mol. The fraction of sp³-hybridized carbons (Fsp3) is 0.160. The first-order chi connectivity index (χ1) is 14.4. The number of carbonyl (C=O) groups is 1. The highest BCUT2D eigenvalue weighted by molar-refractivity contribution is 6.10. The van der Waals surface area contributed by atoms with Gasteiger partial charge in [0, 0.05) is 44.0 Å². The summed E-state index contributed by atoms with van der Waals surface area (Å²) in [6.07, 6.45) is 3.20. The predicted octanol–water partition coefficient (Wildman–Crippen LogP) is 4.05. The zero-order valence-corrected chi connectivity index (χ0v) is 17.3. The summed E-state index contributed by atoms with van der Waals surface area (Å²) in [5, 5.41) is 0.536. The molecule has 0 aliphatic carbocycles. The van der Waals surface area contributed by atoms with Crippen molar-refractivity contribution < 1.29 is 4.79 Å². The van der Waals surface area contributed by atoms with E-state index in [4.69, 9.17) is 0 Å². The lowest BCUT2D eigenvalue weighted by atomic mass is 10.0. The molecule has 0 saturated heterocycles. The van der Waals surface area contributed by atoms with Crippen molar-refractivity contribution in [1.82, 2.24) is 9.55 Å². The minimum absolute atomic E-state index is 0.153. The molecule has 5 nitrogen and oxygen atoms in total. The molecule has 150 valence electrons. The van der Waals surface area contributed by atoms with Crippen molar-refractivity contribution in [2.45, 2.75) is 13.5 Å². The van der Waals surface area contributed by atoms with Crippen molar-refractivity contribution in [3.05, 3.63) is 106 Å². The molecule has 0 saturated carbocycles. The second-order valence-electron chi connectivity index (χ2n) is 7.63. The normalized spacial score (nSPS) is 10.9. The minimum atomic E-state index is -0.318. The van der Waals surface area contributed by atoms with Crippen LogP contribution in [0.15, 0.2) is 77.9 Å². The fourth-order valence-corrected chi connectivity index (χ4v) is 3.59. The second kappa shape index (κ2) is 7.95. The summed E-state index contributed by atoms with van der Waals surface area (Å²) in [4.78, 5) is 32.5. The number of aromatic nitrogens is 2. The Hall–Kier alpha value is -3.73. The van der Waals surface area contributed by atoms with Crippen LogP contribution in [0, 0.1) is 6.92 Å². The van der Waals surface area contributed by atoms with Crippen LogP contribution >= 0.6 is 0 Å². The van der Waals surface area contributed by atoms with Crippen LogP contribution in [0.4, 0.5) is 5.82 Å². The Morgan fingerprint density at radius 1 is 1.03 bits per heavy atom. The molecule has 0 aliphatic heterocycles. The van der Waals surface area contributed by atoms with E-state index >= 15 is 0 Å². The van der Waals surface area contributed by atoms with E-state index in [0.29, 0.717) is 17.5 Å². The Morgan fingerprint density at radius 2 is 1.83 bits per heavy atom. The molecule has 0 spiro atoms. The first kappa shape index (κ1) is 19.6. The standard InChI is InChI=1S/C25H23N3O2/c1-17-7-6-8-18(13-17)15-28-16-21(25(30)20-9-4-5-10-22(20)28)24(29)19-11-12-23(26-14-19)27(2)3/h4-14,16H,15H2,1-3H3. The van der Waals surface area contributed by atoms with Gasteiger partial charge in [0.25, 0.3) is 0 Å². The number of hydrogen-bond donors (Lipinski definition) is 0. The van der Waals surface area contributed by atoms with E-state index in [0.717, 1.165) is 16.9 Å². The molecule has 2 aromatic heterocycles. The summed E-state index contributed by atoms with van der Waals surface area (Å²) in [6, 6.07) is 19.1. The number of carbonyl (C=O) groups excluding carboxylic acids is 1. The van der Waals surface area contributed by atoms with Gasteiger partial charge in [-0.25, -0.2) is 4.98 Å². The van der Waals surface area contributed by atoms with Crippen molar-refractivity contribution in [3.63, 3.8) is 0 Å². The monoisotopic (exact) mass is 397 g/mol. The summed E-state index contributed by atoms with van der Waals surface area (Å²) in [5.41, 5.74) is 3.38. The molecule has 2 aromatic carbocycles. The van der Waals surface area contributed by atoms with Gasteiger partial charge in [0.2, 0.25) is 5.43 Å². The Labute approximate surface area is 175 Å². The van der Waals surface area contributed by atoms with E-state index in [1.165, 1.54) is 11.8 Å². The lowest BCUT2D eigenvalue weighted by Gasteiger charge is -2.14. The highest BCUT2D eigenvalue weighted by Gasteiger charge is 2.18. The third-order valence-corrected chi connectivity index (χ3v) is 5.14. The second-order valence-corrected chi connectivity index (χ2v) is 7.63. The zero-order chi connectivity index (χ0) is 21.3. The number of nitrogens with zero attached hydrogens (tertiary/aromatic N) is 3.